The zero-order valence-electron chi connectivity index (χ0n) is 10.2. The van der Waals surface area contributed by atoms with Crippen LogP contribution in [0.3, 0.4) is 0 Å². The minimum atomic E-state index is -0.405. The molecule has 18 heavy (non-hydrogen) atoms. The minimum absolute atomic E-state index is 0.0440. The van der Waals surface area contributed by atoms with Crippen molar-refractivity contribution in [2.45, 2.75) is 32.1 Å². The van der Waals surface area contributed by atoms with Crippen LogP contribution in [0.4, 0.5) is 4.39 Å². The van der Waals surface area contributed by atoms with E-state index in [1.807, 2.05) is 0 Å². The number of ketones is 1. The van der Waals surface area contributed by atoms with E-state index in [0.29, 0.717) is 22.7 Å². The third-order valence-electron chi connectivity index (χ3n) is 4.57. The molecular weight excluding hydrogens is 295 g/mol. The number of rotatable bonds is 3. The van der Waals surface area contributed by atoms with Crippen LogP contribution in [0, 0.1) is 23.6 Å². The zero-order chi connectivity index (χ0) is 12.7. The molecule has 0 amide bonds. The van der Waals surface area contributed by atoms with Crippen molar-refractivity contribution >= 4 is 21.7 Å². The molecule has 0 aromatic heterocycles. The molecule has 0 aliphatic heterocycles. The van der Waals surface area contributed by atoms with Gasteiger partial charge < -0.3 is 0 Å². The van der Waals surface area contributed by atoms with Crippen molar-refractivity contribution in [1.29, 1.82) is 0 Å². The van der Waals surface area contributed by atoms with Gasteiger partial charge in [-0.05, 0) is 65.1 Å². The van der Waals surface area contributed by atoms with Gasteiger partial charge in [-0.3, -0.25) is 4.79 Å². The quantitative estimate of drug-likeness (QED) is 0.746. The van der Waals surface area contributed by atoms with Gasteiger partial charge in [-0.25, -0.2) is 4.39 Å². The summed E-state index contributed by atoms with van der Waals surface area (Å²) >= 11 is 3.28. The van der Waals surface area contributed by atoms with Crippen molar-refractivity contribution < 1.29 is 9.18 Å². The molecule has 2 saturated carbocycles. The molecule has 0 radical (unpaired) electrons. The Kier molecular flexibility index (Phi) is 3.27. The Morgan fingerprint density at radius 2 is 2.17 bits per heavy atom. The van der Waals surface area contributed by atoms with E-state index in [9.17, 15) is 9.18 Å². The maximum absolute atomic E-state index is 13.7. The summed E-state index contributed by atoms with van der Waals surface area (Å²) < 4.78 is 14.3. The molecule has 0 spiro atoms. The van der Waals surface area contributed by atoms with E-state index in [1.54, 1.807) is 12.1 Å². The van der Waals surface area contributed by atoms with Gasteiger partial charge in [0.25, 0.3) is 0 Å². The molecule has 3 rings (SSSR count). The van der Waals surface area contributed by atoms with E-state index < -0.39 is 5.82 Å². The molecule has 0 saturated heterocycles. The predicted molar refractivity (Wildman–Crippen MR) is 72.0 cm³/mol. The molecule has 2 aliphatic rings. The van der Waals surface area contributed by atoms with Gasteiger partial charge >= 0.3 is 0 Å². The van der Waals surface area contributed by atoms with Crippen molar-refractivity contribution in [3.8, 4) is 0 Å². The average molecular weight is 311 g/mol. The summed E-state index contributed by atoms with van der Waals surface area (Å²) in [6.07, 6.45) is 5.57. The van der Waals surface area contributed by atoms with Crippen LogP contribution in [0.15, 0.2) is 22.7 Å². The Labute approximate surface area is 115 Å². The molecule has 0 N–H and O–H groups in total. The number of benzene rings is 1. The van der Waals surface area contributed by atoms with Gasteiger partial charge in [-0.15, -0.1) is 0 Å². The van der Waals surface area contributed by atoms with Crippen molar-refractivity contribution in [2.24, 2.45) is 17.8 Å². The van der Waals surface area contributed by atoms with Crippen LogP contribution < -0.4 is 0 Å². The number of hydrogen-bond acceptors (Lipinski definition) is 1. The lowest BCUT2D eigenvalue weighted by molar-refractivity contribution is 0.0939. The topological polar surface area (TPSA) is 17.1 Å². The van der Waals surface area contributed by atoms with Crippen LogP contribution in [0.5, 0.6) is 0 Å². The van der Waals surface area contributed by atoms with E-state index in [4.69, 9.17) is 0 Å². The SMILES string of the molecule is O=C(CC1CC2CCC1C2)c1c(F)cccc1Br. The number of carbonyl (C=O) groups is 1. The van der Waals surface area contributed by atoms with Gasteiger partial charge in [0.1, 0.15) is 5.82 Å². The van der Waals surface area contributed by atoms with E-state index in [1.165, 1.54) is 31.7 Å². The molecule has 0 heterocycles. The Morgan fingerprint density at radius 1 is 1.33 bits per heavy atom. The van der Waals surface area contributed by atoms with E-state index in [2.05, 4.69) is 15.9 Å². The summed E-state index contributed by atoms with van der Waals surface area (Å²) in [4.78, 5) is 12.2. The molecule has 1 aromatic rings. The third-order valence-corrected chi connectivity index (χ3v) is 5.23. The first-order valence-corrected chi connectivity index (χ1v) is 7.41. The van der Waals surface area contributed by atoms with Gasteiger partial charge in [0.05, 0.1) is 5.56 Å². The fourth-order valence-electron chi connectivity index (χ4n) is 3.73. The van der Waals surface area contributed by atoms with Gasteiger partial charge in [0.15, 0.2) is 5.78 Å². The van der Waals surface area contributed by atoms with Crippen LogP contribution in [0.2, 0.25) is 0 Å². The first-order chi connectivity index (χ1) is 8.65. The summed E-state index contributed by atoms with van der Waals surface area (Å²) in [5.74, 6) is 1.58. The number of hydrogen-bond donors (Lipinski definition) is 0. The highest BCUT2D eigenvalue weighted by molar-refractivity contribution is 9.10. The second-order valence-electron chi connectivity index (χ2n) is 5.66. The zero-order valence-corrected chi connectivity index (χ0v) is 11.7. The maximum atomic E-state index is 13.7. The third kappa shape index (κ3) is 2.13. The molecule has 3 heteroatoms. The standard InChI is InChI=1S/C15H16BrFO/c16-12-2-1-3-13(17)15(12)14(18)8-11-7-9-4-5-10(11)6-9/h1-3,9-11H,4-8H2. The first kappa shape index (κ1) is 12.3. The van der Waals surface area contributed by atoms with E-state index >= 15 is 0 Å². The molecule has 2 bridgehead atoms. The number of halogens is 2. The highest BCUT2D eigenvalue weighted by Gasteiger charge is 2.40. The van der Waals surface area contributed by atoms with Crippen LogP contribution in [0.25, 0.3) is 0 Å². The monoisotopic (exact) mass is 310 g/mol. The fourth-order valence-corrected chi connectivity index (χ4v) is 4.29. The molecule has 96 valence electrons. The summed E-state index contributed by atoms with van der Waals surface area (Å²) in [7, 11) is 0. The van der Waals surface area contributed by atoms with Crippen molar-refractivity contribution in [3.05, 3.63) is 34.1 Å². The predicted octanol–water partition coefficient (Wildman–Crippen LogP) is 4.60. The highest BCUT2D eigenvalue weighted by atomic mass is 79.9. The number of Topliss-reactive ketones (excluding diaryl/α,β-unsaturated/α-hetero) is 1. The highest BCUT2D eigenvalue weighted by Crippen LogP contribution is 2.49. The van der Waals surface area contributed by atoms with Gasteiger partial charge in [-0.1, -0.05) is 12.5 Å². The van der Waals surface area contributed by atoms with Crippen molar-refractivity contribution in [3.63, 3.8) is 0 Å². The minimum Gasteiger partial charge on any atom is -0.294 e. The van der Waals surface area contributed by atoms with Crippen LogP contribution >= 0.6 is 15.9 Å². The summed E-state index contributed by atoms with van der Waals surface area (Å²) in [6, 6.07) is 4.71. The van der Waals surface area contributed by atoms with Gasteiger partial charge in [-0.2, -0.15) is 0 Å². The fraction of sp³-hybridized carbons (Fsp3) is 0.533. The Hall–Kier alpha value is -0.700. The lowest BCUT2D eigenvalue weighted by Crippen LogP contribution is -2.16. The van der Waals surface area contributed by atoms with Crippen LogP contribution in [-0.4, -0.2) is 5.78 Å². The van der Waals surface area contributed by atoms with Crippen molar-refractivity contribution in [2.75, 3.05) is 0 Å². The van der Waals surface area contributed by atoms with E-state index in [0.717, 1.165) is 5.92 Å². The molecule has 3 unspecified atom stereocenters. The van der Waals surface area contributed by atoms with E-state index in [-0.39, 0.29) is 11.3 Å². The number of fused-ring (bicyclic) bond motifs is 2. The molecule has 1 aromatic carbocycles. The van der Waals surface area contributed by atoms with Crippen LogP contribution in [-0.2, 0) is 0 Å². The second-order valence-corrected chi connectivity index (χ2v) is 6.51. The molecular formula is C15H16BrFO. The molecule has 2 aliphatic carbocycles. The summed E-state index contributed by atoms with van der Waals surface area (Å²) in [6.45, 7) is 0. The van der Waals surface area contributed by atoms with Crippen LogP contribution in [0.1, 0.15) is 42.5 Å². The Balaban J connectivity index is 1.75. The summed E-state index contributed by atoms with van der Waals surface area (Å²) in [5.41, 5.74) is 0.236. The lowest BCUT2D eigenvalue weighted by Gasteiger charge is -2.21. The Morgan fingerprint density at radius 3 is 2.78 bits per heavy atom. The van der Waals surface area contributed by atoms with Gasteiger partial charge in [0, 0.05) is 10.9 Å². The summed E-state index contributed by atoms with van der Waals surface area (Å²) in [5, 5.41) is 0. The largest absolute Gasteiger partial charge is 0.294 e. The lowest BCUT2D eigenvalue weighted by atomic mass is 9.84. The first-order valence-electron chi connectivity index (χ1n) is 6.62. The molecule has 1 nitrogen and oxygen atoms in total. The average Bonchev–Trinajstić information content (AvgIpc) is 2.90. The second kappa shape index (κ2) is 4.76. The molecule has 3 atom stereocenters. The van der Waals surface area contributed by atoms with Gasteiger partial charge in [0.2, 0.25) is 0 Å². The smallest absolute Gasteiger partial charge is 0.167 e. The number of carbonyl (C=O) groups excluding carboxylic acids is 1. The van der Waals surface area contributed by atoms with Crippen molar-refractivity contribution in [1.82, 2.24) is 0 Å². The Bertz CT molecular complexity index is 465. The normalized spacial score (nSPS) is 29.8. The maximum Gasteiger partial charge on any atom is 0.167 e. The molecule has 2 fully saturated rings.